The fraction of sp³-hybridized carbons (Fsp3) is 0.0952. The van der Waals surface area contributed by atoms with Crippen molar-refractivity contribution < 1.29 is 30.8 Å². The Morgan fingerprint density at radius 1 is 0.742 bits per heavy atom. The molecule has 31 heavy (non-hydrogen) atoms. The molecular weight excluding hydrogens is 445 g/mol. The molecule has 3 aromatic carbocycles. The average molecular weight is 464 g/mol. The van der Waals surface area contributed by atoms with Gasteiger partial charge < -0.3 is 4.74 Å². The summed E-state index contributed by atoms with van der Waals surface area (Å²) in [5.41, 5.74) is -0.527. The van der Waals surface area contributed by atoms with E-state index in [9.17, 15) is 21.6 Å². The number of halogens is 1. The summed E-state index contributed by atoms with van der Waals surface area (Å²) >= 11 is 0. The fourth-order valence-corrected chi connectivity index (χ4v) is 6.89. The number of carbonyl (C=O) groups excluding carboxylic acids is 1. The first-order valence-corrected chi connectivity index (χ1v) is 11.8. The Bertz CT molecular complexity index is 1200. The van der Waals surface area contributed by atoms with E-state index in [-0.39, 0.29) is 0 Å². The zero-order valence-electron chi connectivity index (χ0n) is 16.3. The molecule has 0 spiro atoms. The molecule has 1 atom stereocenters. The number of sulfonamides is 2. The maximum atomic E-state index is 16.6. The van der Waals surface area contributed by atoms with Crippen molar-refractivity contribution in [1.82, 2.24) is 3.71 Å². The Hall–Kier alpha value is -3.08. The second-order valence-corrected chi connectivity index (χ2v) is 10.1. The highest BCUT2D eigenvalue weighted by Gasteiger charge is 2.60. The third-order valence-electron chi connectivity index (χ3n) is 4.38. The van der Waals surface area contributed by atoms with Gasteiger partial charge in [0.05, 0.1) is 16.9 Å². The molecule has 0 aliphatic heterocycles. The average Bonchev–Trinajstić information content (AvgIpc) is 2.79. The van der Waals surface area contributed by atoms with Crippen LogP contribution in [0.5, 0.6) is 0 Å². The van der Waals surface area contributed by atoms with Crippen molar-refractivity contribution in [3.8, 4) is 0 Å². The highest BCUT2D eigenvalue weighted by atomic mass is 32.3. The molecule has 162 valence electrons. The van der Waals surface area contributed by atoms with E-state index in [0.29, 0.717) is 0 Å². The van der Waals surface area contributed by atoms with Crippen LogP contribution in [0.25, 0.3) is 0 Å². The molecule has 0 heterocycles. The van der Waals surface area contributed by atoms with Crippen molar-refractivity contribution in [3.63, 3.8) is 0 Å². The number of hydrogen-bond donors (Lipinski definition) is 0. The van der Waals surface area contributed by atoms with Gasteiger partial charge in [0, 0.05) is 5.56 Å². The predicted octanol–water partition coefficient (Wildman–Crippen LogP) is 3.06. The van der Waals surface area contributed by atoms with Crippen LogP contribution in [0.3, 0.4) is 0 Å². The zero-order chi connectivity index (χ0) is 22.7. The van der Waals surface area contributed by atoms with Crippen molar-refractivity contribution in [2.45, 2.75) is 15.6 Å². The molecule has 1 unspecified atom stereocenters. The van der Waals surface area contributed by atoms with Gasteiger partial charge in [0.2, 0.25) is 0 Å². The minimum Gasteiger partial charge on any atom is -0.465 e. The van der Waals surface area contributed by atoms with Crippen molar-refractivity contribution in [1.29, 1.82) is 0 Å². The van der Waals surface area contributed by atoms with Crippen LogP contribution in [0, 0.1) is 0 Å². The minimum atomic E-state index is -5.10. The summed E-state index contributed by atoms with van der Waals surface area (Å²) in [5, 5.41) is 0. The van der Waals surface area contributed by atoms with E-state index >= 15 is 4.39 Å². The van der Waals surface area contributed by atoms with E-state index in [1.807, 2.05) is 0 Å². The Morgan fingerprint density at radius 2 is 1.10 bits per heavy atom. The Morgan fingerprint density at radius 3 is 1.45 bits per heavy atom. The van der Waals surface area contributed by atoms with Crippen molar-refractivity contribution >= 4 is 26.0 Å². The van der Waals surface area contributed by atoms with E-state index in [1.54, 1.807) is 0 Å². The van der Waals surface area contributed by atoms with Crippen LogP contribution in [0.2, 0.25) is 0 Å². The maximum Gasteiger partial charge on any atom is 0.366 e. The first kappa shape index (κ1) is 22.6. The molecule has 0 N–H and O–H groups in total. The molecule has 0 aromatic heterocycles. The van der Waals surface area contributed by atoms with Gasteiger partial charge in [0.1, 0.15) is 0 Å². The summed E-state index contributed by atoms with van der Waals surface area (Å²) < 4.78 is 74.7. The summed E-state index contributed by atoms with van der Waals surface area (Å²) in [6, 6.07) is 19.2. The lowest BCUT2D eigenvalue weighted by Gasteiger charge is -2.33. The molecule has 3 rings (SSSR count). The smallest absolute Gasteiger partial charge is 0.366 e. The van der Waals surface area contributed by atoms with Crippen LogP contribution < -0.4 is 0 Å². The van der Waals surface area contributed by atoms with Crippen LogP contribution in [-0.2, 0) is 35.4 Å². The molecule has 0 saturated carbocycles. The minimum absolute atomic E-state index is 0.418. The normalized spacial score (nSPS) is 14.0. The molecule has 3 aromatic rings. The highest BCUT2D eigenvalue weighted by Crippen LogP contribution is 2.40. The molecule has 0 amide bonds. The van der Waals surface area contributed by atoms with Crippen LogP contribution in [0.1, 0.15) is 5.56 Å². The molecule has 0 aliphatic carbocycles. The van der Waals surface area contributed by atoms with Gasteiger partial charge in [-0.15, -0.1) is 0 Å². The second-order valence-electron chi connectivity index (χ2n) is 6.31. The monoisotopic (exact) mass is 463 g/mol. The molecule has 10 heteroatoms. The number of rotatable bonds is 7. The molecular formula is C21H18FNO6S2. The zero-order valence-corrected chi connectivity index (χ0v) is 17.9. The Labute approximate surface area is 179 Å². The van der Waals surface area contributed by atoms with E-state index < -0.39 is 50.9 Å². The van der Waals surface area contributed by atoms with E-state index in [0.717, 1.165) is 43.5 Å². The highest BCUT2D eigenvalue weighted by molar-refractivity contribution is 8.04. The van der Waals surface area contributed by atoms with Crippen LogP contribution in [0.4, 0.5) is 4.39 Å². The lowest BCUT2D eigenvalue weighted by molar-refractivity contribution is -0.161. The van der Waals surface area contributed by atoms with Gasteiger partial charge in [0.25, 0.3) is 20.0 Å². The first-order valence-electron chi connectivity index (χ1n) is 8.90. The summed E-state index contributed by atoms with van der Waals surface area (Å²) in [4.78, 5) is 11.6. The Kier molecular flexibility index (Phi) is 6.25. The number of nitrogens with zero attached hydrogens (tertiary/aromatic N) is 1. The van der Waals surface area contributed by atoms with Crippen LogP contribution >= 0.6 is 0 Å². The lowest BCUT2D eigenvalue weighted by atomic mass is 10.1. The molecule has 0 fully saturated rings. The van der Waals surface area contributed by atoms with Gasteiger partial charge in [-0.3, -0.25) is 0 Å². The molecule has 0 bridgehead atoms. The number of esters is 1. The third-order valence-corrected chi connectivity index (χ3v) is 8.67. The van der Waals surface area contributed by atoms with Crippen molar-refractivity contribution in [3.05, 3.63) is 96.6 Å². The number of benzene rings is 3. The first-order chi connectivity index (χ1) is 14.7. The van der Waals surface area contributed by atoms with Gasteiger partial charge in [-0.05, 0) is 28.0 Å². The predicted molar refractivity (Wildman–Crippen MR) is 110 cm³/mol. The molecule has 0 saturated heterocycles. The van der Waals surface area contributed by atoms with Gasteiger partial charge in [-0.25, -0.2) is 26.0 Å². The van der Waals surface area contributed by atoms with E-state index in [2.05, 4.69) is 4.74 Å². The van der Waals surface area contributed by atoms with Crippen LogP contribution in [-0.4, -0.2) is 33.6 Å². The van der Waals surface area contributed by atoms with Gasteiger partial charge >= 0.3 is 11.8 Å². The van der Waals surface area contributed by atoms with Gasteiger partial charge in [-0.2, -0.15) is 0 Å². The van der Waals surface area contributed by atoms with Crippen molar-refractivity contribution in [2.24, 2.45) is 0 Å². The second kappa shape index (κ2) is 8.58. The number of ether oxygens (including phenoxy) is 1. The molecule has 0 radical (unpaired) electrons. The molecule has 7 nitrogen and oxygen atoms in total. The van der Waals surface area contributed by atoms with Crippen LogP contribution in [0.15, 0.2) is 101 Å². The lowest BCUT2D eigenvalue weighted by Crippen LogP contribution is -2.54. The maximum absolute atomic E-state index is 16.6. The van der Waals surface area contributed by atoms with Gasteiger partial charge in [0.15, 0.2) is 0 Å². The number of alkyl halides is 1. The fourth-order valence-electron chi connectivity index (χ4n) is 2.93. The van der Waals surface area contributed by atoms with Gasteiger partial charge in [-0.1, -0.05) is 66.7 Å². The topological polar surface area (TPSA) is 97.8 Å². The largest absolute Gasteiger partial charge is 0.465 e. The molecule has 0 aliphatic rings. The summed E-state index contributed by atoms with van der Waals surface area (Å²) in [5.74, 6) is -5.42. The van der Waals surface area contributed by atoms with Crippen molar-refractivity contribution in [2.75, 3.05) is 7.11 Å². The summed E-state index contributed by atoms with van der Waals surface area (Å²) in [7, 11) is -9.36. The number of carbonyl (C=O) groups is 1. The summed E-state index contributed by atoms with van der Waals surface area (Å²) in [6.45, 7) is 0. The quantitative estimate of drug-likeness (QED) is 0.395. The number of hydrogen-bond acceptors (Lipinski definition) is 6. The standard InChI is InChI=1S/C21H18FNO6S2/c1-29-20(24)21(22,17-11-5-2-6-12-17)23(30(25,26)18-13-7-3-8-14-18)31(27,28)19-15-9-4-10-16-19/h2-16H,1H3. The van der Waals surface area contributed by atoms with E-state index in [4.69, 9.17) is 0 Å². The van der Waals surface area contributed by atoms with E-state index in [1.165, 1.54) is 54.6 Å². The summed E-state index contributed by atoms with van der Waals surface area (Å²) in [6.07, 6.45) is 0. The third kappa shape index (κ3) is 3.97. The number of methoxy groups -OCH3 is 1. The SMILES string of the molecule is COC(=O)C(F)(c1ccccc1)N(S(=O)(=O)c1ccccc1)S(=O)(=O)c1ccccc1. The Balaban J connectivity index is 2.42.